The van der Waals surface area contributed by atoms with Crippen LogP contribution in [0.4, 0.5) is 8.78 Å². The van der Waals surface area contributed by atoms with Crippen molar-refractivity contribution in [2.24, 2.45) is 0 Å². The van der Waals surface area contributed by atoms with Gasteiger partial charge in [0.1, 0.15) is 17.0 Å². The number of thioether (sulfide) groups is 1. The van der Waals surface area contributed by atoms with Gasteiger partial charge in [-0.25, -0.2) is 9.97 Å². The normalized spacial score (nSPS) is 14.4. The van der Waals surface area contributed by atoms with Crippen molar-refractivity contribution < 1.29 is 17.9 Å². The molecule has 25 heavy (non-hydrogen) atoms. The van der Waals surface area contributed by atoms with Crippen LogP contribution < -0.4 is 4.74 Å². The molecular formula is C18H16F2N2O2S. The van der Waals surface area contributed by atoms with Gasteiger partial charge in [0.25, 0.3) is 0 Å². The van der Waals surface area contributed by atoms with E-state index in [9.17, 15) is 8.78 Å². The molecule has 0 atom stereocenters. The molecule has 1 aliphatic carbocycles. The van der Waals surface area contributed by atoms with Crippen molar-refractivity contribution in [2.75, 3.05) is 5.75 Å². The number of benzene rings is 1. The molecule has 0 bridgehead atoms. The Hall–Kier alpha value is -2.15. The number of halogens is 2. The number of hydrogen-bond donors (Lipinski definition) is 0. The van der Waals surface area contributed by atoms with Crippen LogP contribution in [-0.4, -0.2) is 22.3 Å². The first-order valence-electron chi connectivity index (χ1n) is 8.12. The summed E-state index contributed by atoms with van der Waals surface area (Å²) in [7, 11) is 0. The molecule has 130 valence electrons. The first kappa shape index (κ1) is 16.3. The first-order chi connectivity index (χ1) is 12.1. The van der Waals surface area contributed by atoms with E-state index < -0.39 is 6.61 Å². The standard InChI is InChI=1S/C18H16F2N2O2S/c1-2-25-15-7-11(10-3-4-10)9-21-16(15)17-22-13-8-12(23-18(19)20)5-6-14(13)24-17/h5-10,18H,2-4H2,1H3. The van der Waals surface area contributed by atoms with E-state index in [1.165, 1.54) is 30.5 Å². The monoisotopic (exact) mass is 362 g/mol. The van der Waals surface area contributed by atoms with Crippen LogP contribution in [0.1, 0.15) is 31.2 Å². The summed E-state index contributed by atoms with van der Waals surface area (Å²) >= 11 is 1.69. The Bertz CT molecular complexity index is 909. The Balaban J connectivity index is 1.73. The SMILES string of the molecule is CCSc1cc(C2CC2)cnc1-c1nc2cc(OC(F)F)ccc2o1. The molecule has 0 spiro atoms. The fourth-order valence-electron chi connectivity index (χ4n) is 2.71. The zero-order valence-corrected chi connectivity index (χ0v) is 14.4. The van der Waals surface area contributed by atoms with Gasteiger partial charge in [0, 0.05) is 17.2 Å². The van der Waals surface area contributed by atoms with Crippen molar-refractivity contribution in [3.05, 3.63) is 36.0 Å². The summed E-state index contributed by atoms with van der Waals surface area (Å²) in [6.45, 7) is -0.786. The number of nitrogens with zero attached hydrogens (tertiary/aromatic N) is 2. The third-order valence-corrected chi connectivity index (χ3v) is 4.92. The van der Waals surface area contributed by atoms with Crippen LogP contribution in [-0.2, 0) is 0 Å². The van der Waals surface area contributed by atoms with Crippen molar-refractivity contribution in [1.82, 2.24) is 9.97 Å². The summed E-state index contributed by atoms with van der Waals surface area (Å²) in [5.74, 6) is 1.98. The smallest absolute Gasteiger partial charge is 0.387 e. The number of alkyl halides is 2. The number of rotatable bonds is 6. The number of aromatic nitrogens is 2. The topological polar surface area (TPSA) is 48.2 Å². The van der Waals surface area contributed by atoms with Gasteiger partial charge in [-0.15, -0.1) is 11.8 Å². The highest BCUT2D eigenvalue weighted by Crippen LogP contribution is 2.42. The van der Waals surface area contributed by atoms with Gasteiger partial charge in [0.2, 0.25) is 5.89 Å². The van der Waals surface area contributed by atoms with Crippen LogP contribution in [0.5, 0.6) is 5.75 Å². The van der Waals surface area contributed by atoms with Crippen molar-refractivity contribution in [3.63, 3.8) is 0 Å². The summed E-state index contributed by atoms with van der Waals surface area (Å²) < 4.78 is 34.9. The molecule has 0 unspecified atom stereocenters. The molecule has 3 aromatic rings. The second kappa shape index (κ2) is 6.63. The average molecular weight is 362 g/mol. The lowest BCUT2D eigenvalue weighted by atomic mass is 10.2. The fourth-order valence-corrected chi connectivity index (χ4v) is 3.52. The lowest BCUT2D eigenvalue weighted by molar-refractivity contribution is -0.0497. The van der Waals surface area contributed by atoms with Gasteiger partial charge < -0.3 is 9.15 Å². The van der Waals surface area contributed by atoms with Crippen molar-refractivity contribution in [2.45, 2.75) is 37.2 Å². The van der Waals surface area contributed by atoms with Crippen molar-refractivity contribution in [1.29, 1.82) is 0 Å². The van der Waals surface area contributed by atoms with E-state index in [1.807, 2.05) is 6.20 Å². The van der Waals surface area contributed by atoms with Gasteiger partial charge in [-0.1, -0.05) is 6.92 Å². The highest BCUT2D eigenvalue weighted by atomic mass is 32.2. The molecule has 4 rings (SSSR count). The molecule has 2 heterocycles. The molecule has 4 nitrogen and oxygen atoms in total. The Kier molecular flexibility index (Phi) is 4.33. The summed E-state index contributed by atoms with van der Waals surface area (Å²) in [6, 6.07) is 6.62. The zero-order chi connectivity index (χ0) is 17.4. The van der Waals surface area contributed by atoms with E-state index in [0.717, 1.165) is 10.6 Å². The van der Waals surface area contributed by atoms with Crippen LogP contribution >= 0.6 is 11.8 Å². The Labute approximate surface area is 147 Å². The predicted octanol–water partition coefficient (Wildman–Crippen LogP) is 5.48. The minimum atomic E-state index is -2.87. The molecule has 1 aliphatic rings. The average Bonchev–Trinajstić information content (AvgIpc) is 3.34. The molecule has 0 N–H and O–H groups in total. The minimum Gasteiger partial charge on any atom is -0.435 e. The summed E-state index contributed by atoms with van der Waals surface area (Å²) in [4.78, 5) is 10.0. The number of fused-ring (bicyclic) bond motifs is 1. The first-order valence-corrected chi connectivity index (χ1v) is 9.11. The maximum absolute atomic E-state index is 12.4. The van der Waals surface area contributed by atoms with Crippen LogP contribution in [0.15, 0.2) is 39.8 Å². The molecule has 0 saturated heterocycles. The molecule has 1 saturated carbocycles. The third-order valence-electron chi connectivity index (χ3n) is 4.01. The van der Waals surface area contributed by atoms with Crippen LogP contribution in [0.3, 0.4) is 0 Å². The zero-order valence-electron chi connectivity index (χ0n) is 13.5. The third kappa shape index (κ3) is 3.46. The number of pyridine rings is 1. The Morgan fingerprint density at radius 1 is 1.32 bits per heavy atom. The predicted molar refractivity (Wildman–Crippen MR) is 92.2 cm³/mol. The second-order valence-corrected chi connectivity index (χ2v) is 7.16. The van der Waals surface area contributed by atoms with Crippen LogP contribution in [0, 0.1) is 0 Å². The quantitative estimate of drug-likeness (QED) is 0.543. The Morgan fingerprint density at radius 2 is 2.16 bits per heavy atom. The second-order valence-electron chi connectivity index (χ2n) is 5.85. The largest absolute Gasteiger partial charge is 0.435 e. The molecule has 1 aromatic carbocycles. The van der Waals surface area contributed by atoms with Gasteiger partial charge in [-0.05, 0) is 48.3 Å². The lowest BCUT2D eigenvalue weighted by Gasteiger charge is -2.06. The molecule has 0 aliphatic heterocycles. The maximum atomic E-state index is 12.4. The van der Waals surface area contributed by atoms with Gasteiger partial charge in [-0.2, -0.15) is 8.78 Å². The van der Waals surface area contributed by atoms with E-state index in [0.29, 0.717) is 28.6 Å². The lowest BCUT2D eigenvalue weighted by Crippen LogP contribution is -2.01. The van der Waals surface area contributed by atoms with Crippen LogP contribution in [0.25, 0.3) is 22.7 Å². The van der Waals surface area contributed by atoms with Gasteiger partial charge in [0.15, 0.2) is 5.58 Å². The number of hydrogen-bond acceptors (Lipinski definition) is 5. The molecule has 0 radical (unpaired) electrons. The Morgan fingerprint density at radius 3 is 2.88 bits per heavy atom. The van der Waals surface area contributed by atoms with Crippen molar-refractivity contribution >= 4 is 22.9 Å². The van der Waals surface area contributed by atoms with Crippen molar-refractivity contribution in [3.8, 4) is 17.3 Å². The highest BCUT2D eigenvalue weighted by molar-refractivity contribution is 7.99. The van der Waals surface area contributed by atoms with E-state index >= 15 is 0 Å². The van der Waals surface area contributed by atoms with Gasteiger partial charge in [0.05, 0.1) is 0 Å². The summed E-state index contributed by atoms with van der Waals surface area (Å²) in [6.07, 6.45) is 4.31. The maximum Gasteiger partial charge on any atom is 0.387 e. The molecule has 2 aromatic heterocycles. The minimum absolute atomic E-state index is 0.0579. The van der Waals surface area contributed by atoms with Gasteiger partial charge in [-0.3, -0.25) is 0 Å². The van der Waals surface area contributed by atoms with E-state index in [-0.39, 0.29) is 5.75 Å². The summed E-state index contributed by atoms with van der Waals surface area (Å²) in [5, 5.41) is 0. The highest BCUT2D eigenvalue weighted by Gasteiger charge is 2.25. The fraction of sp³-hybridized carbons (Fsp3) is 0.333. The molecule has 7 heteroatoms. The van der Waals surface area contributed by atoms with Gasteiger partial charge >= 0.3 is 6.61 Å². The van der Waals surface area contributed by atoms with E-state index in [4.69, 9.17) is 4.42 Å². The number of oxazole rings is 1. The molecule has 1 fully saturated rings. The molecule has 0 amide bonds. The number of ether oxygens (including phenoxy) is 1. The van der Waals surface area contributed by atoms with Crippen LogP contribution in [0.2, 0.25) is 0 Å². The van der Waals surface area contributed by atoms with E-state index in [1.54, 1.807) is 17.8 Å². The van der Waals surface area contributed by atoms with E-state index in [2.05, 4.69) is 27.7 Å². The summed E-state index contributed by atoms with van der Waals surface area (Å²) in [5.41, 5.74) is 2.91. The molecular weight excluding hydrogens is 346 g/mol.